The monoisotopic (exact) mass is 339 g/mol. The van der Waals surface area contributed by atoms with Gasteiger partial charge in [0.15, 0.2) is 0 Å². The molecule has 0 amide bonds. The van der Waals surface area contributed by atoms with Gasteiger partial charge < -0.3 is 10.5 Å². The summed E-state index contributed by atoms with van der Waals surface area (Å²) >= 11 is 7.86. The SMILES string of the molecule is CCCOC(=O)c1c(I)ccc(Cl)c1N. The molecule has 0 spiro atoms. The molecule has 0 fully saturated rings. The maximum Gasteiger partial charge on any atom is 0.341 e. The second-order valence-corrected chi connectivity index (χ2v) is 4.52. The molecule has 5 heteroatoms. The third-order valence-electron chi connectivity index (χ3n) is 1.78. The molecule has 1 aromatic rings. The van der Waals surface area contributed by atoms with E-state index in [0.29, 0.717) is 17.2 Å². The summed E-state index contributed by atoms with van der Waals surface area (Å²) in [6.45, 7) is 2.32. The maximum absolute atomic E-state index is 11.6. The highest BCUT2D eigenvalue weighted by Gasteiger charge is 2.17. The largest absolute Gasteiger partial charge is 0.462 e. The lowest BCUT2D eigenvalue weighted by molar-refractivity contribution is 0.0505. The Morgan fingerprint density at radius 1 is 1.60 bits per heavy atom. The van der Waals surface area contributed by atoms with Crippen LogP contribution in [0.4, 0.5) is 5.69 Å². The minimum atomic E-state index is -0.416. The second kappa shape index (κ2) is 5.55. The van der Waals surface area contributed by atoms with Crippen LogP contribution in [-0.4, -0.2) is 12.6 Å². The van der Waals surface area contributed by atoms with Crippen molar-refractivity contribution in [2.24, 2.45) is 0 Å². The highest BCUT2D eigenvalue weighted by Crippen LogP contribution is 2.27. The molecule has 82 valence electrons. The summed E-state index contributed by atoms with van der Waals surface area (Å²) in [5.41, 5.74) is 6.36. The Morgan fingerprint density at radius 3 is 2.87 bits per heavy atom. The molecule has 3 nitrogen and oxygen atoms in total. The van der Waals surface area contributed by atoms with Gasteiger partial charge in [-0.3, -0.25) is 0 Å². The van der Waals surface area contributed by atoms with E-state index < -0.39 is 5.97 Å². The molecule has 0 saturated heterocycles. The number of nitrogen functional groups attached to an aromatic ring is 1. The molecule has 0 bridgehead atoms. The fourth-order valence-corrected chi connectivity index (χ4v) is 1.89. The van der Waals surface area contributed by atoms with Crippen molar-refractivity contribution < 1.29 is 9.53 Å². The Balaban J connectivity index is 3.02. The summed E-state index contributed by atoms with van der Waals surface area (Å²) in [4.78, 5) is 11.6. The zero-order valence-corrected chi connectivity index (χ0v) is 11.1. The lowest BCUT2D eigenvalue weighted by Crippen LogP contribution is -2.11. The lowest BCUT2D eigenvalue weighted by Gasteiger charge is -2.09. The standard InChI is InChI=1S/C10H11ClINO2/c1-2-5-15-10(14)8-7(12)4-3-6(11)9(8)13/h3-4H,2,5,13H2,1H3. The van der Waals surface area contributed by atoms with Crippen LogP contribution < -0.4 is 5.73 Å². The summed E-state index contributed by atoms with van der Waals surface area (Å²) in [6.07, 6.45) is 0.781. The first kappa shape index (κ1) is 12.6. The van der Waals surface area contributed by atoms with Gasteiger partial charge >= 0.3 is 5.97 Å². The second-order valence-electron chi connectivity index (χ2n) is 2.95. The molecule has 0 radical (unpaired) electrons. The topological polar surface area (TPSA) is 52.3 Å². The Bertz CT molecular complexity index is 382. The third-order valence-corrected chi connectivity index (χ3v) is 3.01. The van der Waals surface area contributed by atoms with Crippen LogP contribution in [0.5, 0.6) is 0 Å². The van der Waals surface area contributed by atoms with Gasteiger partial charge in [0.25, 0.3) is 0 Å². The average Bonchev–Trinajstić information content (AvgIpc) is 2.21. The number of rotatable bonds is 3. The normalized spacial score (nSPS) is 10.1. The van der Waals surface area contributed by atoms with Crippen LogP contribution in [0, 0.1) is 3.57 Å². The number of esters is 1. The van der Waals surface area contributed by atoms with E-state index in [-0.39, 0.29) is 5.69 Å². The maximum atomic E-state index is 11.6. The zero-order chi connectivity index (χ0) is 11.4. The van der Waals surface area contributed by atoms with E-state index in [2.05, 4.69) is 0 Å². The van der Waals surface area contributed by atoms with Crippen LogP contribution in [-0.2, 0) is 4.74 Å². The van der Waals surface area contributed by atoms with Gasteiger partial charge in [-0.05, 0) is 41.1 Å². The first-order chi connectivity index (χ1) is 7.07. The van der Waals surface area contributed by atoms with Crippen molar-refractivity contribution in [1.82, 2.24) is 0 Å². The number of hydrogen-bond donors (Lipinski definition) is 1. The molecule has 0 aromatic heterocycles. The molecular weight excluding hydrogens is 328 g/mol. The van der Waals surface area contributed by atoms with Gasteiger partial charge in [0.05, 0.1) is 22.9 Å². The van der Waals surface area contributed by atoms with Crippen LogP contribution in [0.2, 0.25) is 5.02 Å². The summed E-state index contributed by atoms with van der Waals surface area (Å²) in [7, 11) is 0. The highest BCUT2D eigenvalue weighted by atomic mass is 127. The number of ether oxygens (including phenoxy) is 1. The van der Waals surface area contributed by atoms with Crippen molar-refractivity contribution in [3.8, 4) is 0 Å². The number of carbonyl (C=O) groups excluding carboxylic acids is 1. The molecule has 0 aliphatic carbocycles. The van der Waals surface area contributed by atoms with Gasteiger partial charge in [-0.15, -0.1) is 0 Å². The molecule has 0 saturated carbocycles. The van der Waals surface area contributed by atoms with E-state index in [0.717, 1.165) is 9.99 Å². The van der Waals surface area contributed by atoms with Gasteiger partial charge in [0.2, 0.25) is 0 Å². The van der Waals surface area contributed by atoms with Crippen LogP contribution in [0.3, 0.4) is 0 Å². The van der Waals surface area contributed by atoms with Crippen molar-refractivity contribution >= 4 is 45.8 Å². The summed E-state index contributed by atoms with van der Waals surface area (Å²) in [5.74, 6) is -0.416. The van der Waals surface area contributed by atoms with Crippen LogP contribution in [0.15, 0.2) is 12.1 Å². The molecule has 0 heterocycles. The van der Waals surface area contributed by atoms with Gasteiger partial charge in [-0.25, -0.2) is 4.79 Å². The first-order valence-electron chi connectivity index (χ1n) is 4.48. The predicted molar refractivity (Wildman–Crippen MR) is 69.2 cm³/mol. The Labute approximate surface area is 107 Å². The van der Waals surface area contributed by atoms with Crippen molar-refractivity contribution in [3.05, 3.63) is 26.3 Å². The number of carbonyl (C=O) groups is 1. The summed E-state index contributed by atoms with van der Waals surface area (Å²) in [5, 5.41) is 0.374. The van der Waals surface area contributed by atoms with Crippen molar-refractivity contribution in [1.29, 1.82) is 0 Å². The van der Waals surface area contributed by atoms with Crippen LogP contribution in [0.1, 0.15) is 23.7 Å². The lowest BCUT2D eigenvalue weighted by atomic mass is 10.2. The number of halogens is 2. The van der Waals surface area contributed by atoms with Gasteiger partial charge in [-0.1, -0.05) is 18.5 Å². The number of nitrogens with two attached hydrogens (primary N) is 1. The van der Waals surface area contributed by atoms with Gasteiger partial charge in [0, 0.05) is 3.57 Å². The molecule has 0 aliphatic heterocycles. The van der Waals surface area contributed by atoms with E-state index in [1.54, 1.807) is 12.1 Å². The molecule has 0 aliphatic rings. The molecule has 1 aromatic carbocycles. The molecular formula is C10H11ClINO2. The van der Waals surface area contributed by atoms with Crippen molar-refractivity contribution in [3.63, 3.8) is 0 Å². The average molecular weight is 340 g/mol. The molecule has 0 atom stereocenters. The minimum absolute atomic E-state index is 0.282. The van der Waals surface area contributed by atoms with E-state index in [4.69, 9.17) is 22.1 Å². The predicted octanol–water partition coefficient (Wildman–Crippen LogP) is 3.09. The molecule has 2 N–H and O–H groups in total. The summed E-state index contributed by atoms with van der Waals surface area (Å²) < 4.78 is 5.76. The van der Waals surface area contributed by atoms with E-state index in [1.807, 2.05) is 29.5 Å². The van der Waals surface area contributed by atoms with Crippen LogP contribution in [0.25, 0.3) is 0 Å². The minimum Gasteiger partial charge on any atom is -0.462 e. The third kappa shape index (κ3) is 2.98. The van der Waals surface area contributed by atoms with E-state index >= 15 is 0 Å². The smallest absolute Gasteiger partial charge is 0.341 e. The number of anilines is 1. The zero-order valence-electron chi connectivity index (χ0n) is 8.22. The van der Waals surface area contributed by atoms with Crippen molar-refractivity contribution in [2.75, 3.05) is 12.3 Å². The number of benzene rings is 1. The van der Waals surface area contributed by atoms with Gasteiger partial charge in [-0.2, -0.15) is 0 Å². The quantitative estimate of drug-likeness (QED) is 0.523. The van der Waals surface area contributed by atoms with Gasteiger partial charge in [0.1, 0.15) is 0 Å². The fraction of sp³-hybridized carbons (Fsp3) is 0.300. The van der Waals surface area contributed by atoms with E-state index in [1.165, 1.54) is 0 Å². The van der Waals surface area contributed by atoms with E-state index in [9.17, 15) is 4.79 Å². The Morgan fingerprint density at radius 2 is 2.27 bits per heavy atom. The summed E-state index contributed by atoms with van der Waals surface area (Å²) in [6, 6.07) is 3.40. The highest BCUT2D eigenvalue weighted by molar-refractivity contribution is 14.1. The molecule has 15 heavy (non-hydrogen) atoms. The molecule has 0 unspecified atom stereocenters. The Hall–Kier alpha value is -0.490. The first-order valence-corrected chi connectivity index (χ1v) is 5.94. The number of hydrogen-bond acceptors (Lipinski definition) is 3. The fourth-order valence-electron chi connectivity index (χ4n) is 1.04. The van der Waals surface area contributed by atoms with Crippen LogP contribution >= 0.6 is 34.2 Å². The van der Waals surface area contributed by atoms with Crippen molar-refractivity contribution in [2.45, 2.75) is 13.3 Å². The molecule has 1 rings (SSSR count). The Kier molecular flexibility index (Phi) is 4.66.